The summed E-state index contributed by atoms with van der Waals surface area (Å²) < 4.78 is 7.41. The molecule has 2 heterocycles. The number of nitrogens with zero attached hydrogens (tertiary/aromatic N) is 5. The lowest BCUT2D eigenvalue weighted by Gasteiger charge is -2.33. The van der Waals surface area contributed by atoms with Crippen LogP contribution in [-0.2, 0) is 4.79 Å². The van der Waals surface area contributed by atoms with Gasteiger partial charge < -0.3 is 19.9 Å². The first-order valence-corrected chi connectivity index (χ1v) is 13.6. The zero-order valence-corrected chi connectivity index (χ0v) is 23.8. The molecule has 0 saturated carbocycles. The van der Waals surface area contributed by atoms with Gasteiger partial charge in [-0.25, -0.2) is 9.29 Å². The minimum absolute atomic E-state index is 0.101. The number of benzene rings is 1. The quantitative estimate of drug-likeness (QED) is 0.423. The Morgan fingerprint density at radius 2 is 1.86 bits per heavy atom. The predicted octanol–water partition coefficient (Wildman–Crippen LogP) is 4.71. The maximum Gasteiger partial charge on any atom is 0.225 e. The van der Waals surface area contributed by atoms with Crippen LogP contribution in [0.2, 0.25) is 0 Å². The van der Waals surface area contributed by atoms with Gasteiger partial charge in [-0.05, 0) is 108 Å². The number of carbonyl (C=O) groups is 1. The molecule has 200 valence electrons. The number of nitrogens with one attached hydrogen (secondary N) is 1. The van der Waals surface area contributed by atoms with Crippen LogP contribution >= 0.6 is 11.9 Å². The molecule has 1 aromatic heterocycles. The van der Waals surface area contributed by atoms with Gasteiger partial charge in [0, 0.05) is 31.0 Å². The van der Waals surface area contributed by atoms with E-state index < -0.39 is 0 Å². The largest absolute Gasteiger partial charge is 0.497 e. The van der Waals surface area contributed by atoms with Gasteiger partial charge in [-0.3, -0.25) is 4.79 Å². The Morgan fingerprint density at radius 1 is 1.19 bits per heavy atom. The molecule has 1 N–H and O–H groups in total. The molecule has 37 heavy (non-hydrogen) atoms. The highest BCUT2D eigenvalue weighted by Gasteiger charge is 2.22. The molecule has 1 fully saturated rings. The van der Waals surface area contributed by atoms with E-state index >= 15 is 0 Å². The van der Waals surface area contributed by atoms with Crippen molar-refractivity contribution in [3.63, 3.8) is 0 Å². The van der Waals surface area contributed by atoms with Crippen molar-refractivity contribution in [3.8, 4) is 11.8 Å². The number of piperidine rings is 1. The molecule has 1 aliphatic heterocycles. The fourth-order valence-electron chi connectivity index (χ4n) is 4.59. The fraction of sp³-hybridized carbons (Fsp3) is 0.536. The van der Waals surface area contributed by atoms with Gasteiger partial charge in [-0.15, -0.1) is 0 Å². The summed E-state index contributed by atoms with van der Waals surface area (Å²) in [6.07, 6.45) is 5.42. The summed E-state index contributed by atoms with van der Waals surface area (Å²) in [5.41, 5.74) is 3.35. The number of aromatic nitrogens is 1. The second-order valence-electron chi connectivity index (χ2n) is 10.1. The van der Waals surface area contributed by atoms with Crippen molar-refractivity contribution >= 4 is 29.4 Å². The van der Waals surface area contributed by atoms with Gasteiger partial charge in [0.25, 0.3) is 0 Å². The Bertz CT molecular complexity index is 1090. The predicted molar refractivity (Wildman–Crippen MR) is 151 cm³/mol. The number of carbonyl (C=O) groups excluding carboxylic acids is 1. The molecule has 9 heteroatoms. The van der Waals surface area contributed by atoms with Gasteiger partial charge in [0.15, 0.2) is 0 Å². The van der Waals surface area contributed by atoms with Crippen LogP contribution in [0.25, 0.3) is 0 Å². The number of nitriles is 1. The van der Waals surface area contributed by atoms with Crippen LogP contribution in [0.15, 0.2) is 29.3 Å². The van der Waals surface area contributed by atoms with E-state index in [1.807, 2.05) is 19.2 Å². The summed E-state index contributed by atoms with van der Waals surface area (Å²) >= 11 is 1.63. The molecule has 8 nitrogen and oxygen atoms in total. The topological polar surface area (TPSA) is 84.7 Å². The Morgan fingerprint density at radius 3 is 2.46 bits per heavy atom. The van der Waals surface area contributed by atoms with Gasteiger partial charge in [0.1, 0.15) is 17.6 Å². The first kappa shape index (κ1) is 28.8. The summed E-state index contributed by atoms with van der Waals surface area (Å²) in [5.74, 6) is 2.18. The highest BCUT2D eigenvalue weighted by atomic mass is 32.2. The molecule has 0 aliphatic carbocycles. The standard InChI is InChI=1S/C28H40N6O2S/c1-20-15-25(36-6)16-21(2)27(20)37-33(5)12-10-26(35)31-24-17-23(18-29)28(30-19-24)34-13-8-22(9-14-34)7-11-32(3)4/h15-17,19,22H,7-14H2,1-6H3,(H,31,35). The van der Waals surface area contributed by atoms with Crippen LogP contribution < -0.4 is 15.0 Å². The minimum Gasteiger partial charge on any atom is -0.497 e. The highest BCUT2D eigenvalue weighted by molar-refractivity contribution is 7.97. The van der Waals surface area contributed by atoms with Crippen molar-refractivity contribution in [2.24, 2.45) is 5.92 Å². The van der Waals surface area contributed by atoms with Crippen molar-refractivity contribution in [2.75, 3.05) is 64.6 Å². The molecule has 1 aliphatic rings. The van der Waals surface area contributed by atoms with Gasteiger partial charge in [0.2, 0.25) is 5.91 Å². The maximum atomic E-state index is 12.6. The summed E-state index contributed by atoms with van der Waals surface area (Å²) in [4.78, 5) is 22.8. The first-order chi connectivity index (χ1) is 17.7. The third-order valence-electron chi connectivity index (χ3n) is 6.74. The molecular formula is C28H40N6O2S. The van der Waals surface area contributed by atoms with Crippen molar-refractivity contribution in [1.82, 2.24) is 14.2 Å². The Kier molecular flexibility index (Phi) is 10.6. The number of amides is 1. The van der Waals surface area contributed by atoms with E-state index in [0.29, 0.717) is 30.0 Å². The van der Waals surface area contributed by atoms with Gasteiger partial charge in [-0.2, -0.15) is 5.26 Å². The van der Waals surface area contributed by atoms with E-state index in [-0.39, 0.29) is 5.91 Å². The SMILES string of the molecule is COc1cc(C)c(SN(C)CCC(=O)Nc2cnc(N3CCC(CCN(C)C)CC3)c(C#N)c2)c(C)c1. The molecule has 0 bridgehead atoms. The molecule has 2 aromatic rings. The molecule has 1 aromatic carbocycles. The van der Waals surface area contributed by atoms with Gasteiger partial charge >= 0.3 is 0 Å². The molecule has 1 saturated heterocycles. The number of pyridine rings is 1. The Labute approximate surface area is 226 Å². The number of anilines is 2. The number of hydrogen-bond acceptors (Lipinski definition) is 8. The Balaban J connectivity index is 1.51. The van der Waals surface area contributed by atoms with Crippen LogP contribution in [0, 0.1) is 31.1 Å². The van der Waals surface area contributed by atoms with E-state index in [0.717, 1.165) is 55.3 Å². The second-order valence-corrected chi connectivity index (χ2v) is 11.3. The van der Waals surface area contributed by atoms with Crippen LogP contribution in [0.5, 0.6) is 5.75 Å². The second kappa shape index (κ2) is 13.7. The fourth-order valence-corrected chi connectivity index (χ4v) is 5.49. The molecular weight excluding hydrogens is 484 g/mol. The van der Waals surface area contributed by atoms with Gasteiger partial charge in [-0.1, -0.05) is 0 Å². The van der Waals surface area contributed by atoms with Crippen molar-refractivity contribution in [1.29, 1.82) is 5.26 Å². The van der Waals surface area contributed by atoms with E-state index in [1.54, 1.807) is 31.3 Å². The van der Waals surface area contributed by atoms with Crippen LogP contribution in [0.3, 0.4) is 0 Å². The molecule has 1 amide bonds. The molecule has 0 spiro atoms. The normalized spacial score (nSPS) is 14.2. The summed E-state index contributed by atoms with van der Waals surface area (Å²) in [5, 5.41) is 12.7. The van der Waals surface area contributed by atoms with E-state index in [1.165, 1.54) is 11.3 Å². The lowest BCUT2D eigenvalue weighted by molar-refractivity contribution is -0.116. The average Bonchev–Trinajstić information content (AvgIpc) is 2.88. The zero-order valence-electron chi connectivity index (χ0n) is 23.0. The molecule has 3 rings (SSSR count). The number of methoxy groups -OCH3 is 1. The molecule has 0 atom stereocenters. The minimum atomic E-state index is -0.101. The van der Waals surface area contributed by atoms with E-state index in [4.69, 9.17) is 4.74 Å². The first-order valence-electron chi connectivity index (χ1n) is 12.8. The highest BCUT2D eigenvalue weighted by Crippen LogP contribution is 2.32. The summed E-state index contributed by atoms with van der Waals surface area (Å²) in [7, 11) is 7.87. The number of rotatable bonds is 11. The zero-order chi connectivity index (χ0) is 26.9. The van der Waals surface area contributed by atoms with Gasteiger partial charge in [0.05, 0.1) is 24.6 Å². The summed E-state index contributed by atoms with van der Waals surface area (Å²) in [6, 6.07) is 8.05. The Hall–Kier alpha value is -2.80. The van der Waals surface area contributed by atoms with Crippen molar-refractivity contribution in [3.05, 3.63) is 41.1 Å². The smallest absolute Gasteiger partial charge is 0.225 e. The van der Waals surface area contributed by atoms with Crippen LogP contribution in [-0.4, -0.2) is 74.5 Å². The molecule has 0 radical (unpaired) electrons. The van der Waals surface area contributed by atoms with Crippen LogP contribution in [0.1, 0.15) is 42.4 Å². The van der Waals surface area contributed by atoms with Crippen molar-refractivity contribution in [2.45, 2.75) is 44.4 Å². The average molecular weight is 525 g/mol. The number of ether oxygens (including phenoxy) is 1. The summed E-state index contributed by atoms with van der Waals surface area (Å²) in [6.45, 7) is 7.63. The number of aryl methyl sites for hydroxylation is 2. The monoisotopic (exact) mass is 524 g/mol. The lowest BCUT2D eigenvalue weighted by atomic mass is 9.93. The van der Waals surface area contributed by atoms with Crippen molar-refractivity contribution < 1.29 is 9.53 Å². The lowest BCUT2D eigenvalue weighted by Crippen LogP contribution is -2.35. The van der Waals surface area contributed by atoms with E-state index in [2.05, 4.69) is 58.4 Å². The third-order valence-corrected chi connectivity index (χ3v) is 8.06. The van der Waals surface area contributed by atoms with Crippen LogP contribution in [0.4, 0.5) is 11.5 Å². The third kappa shape index (κ3) is 8.35. The number of hydrogen-bond donors (Lipinski definition) is 1. The van der Waals surface area contributed by atoms with E-state index in [9.17, 15) is 10.1 Å². The molecule has 0 unspecified atom stereocenters. The maximum absolute atomic E-state index is 12.6.